The second-order valence-electron chi connectivity index (χ2n) is 5.79. The standard InChI is InChI=1S/C17H22F2N2O3/c1-2-24-17(23)20-13-4-3-9-21(11-13)16(22)8-6-12-5-7-14(18)15(19)10-12/h5,7,10,13H,2-4,6,8-9,11H2,1H3,(H,20,23). The highest BCUT2D eigenvalue weighted by Gasteiger charge is 2.24. The number of ether oxygens (including phenoxy) is 1. The maximum absolute atomic E-state index is 13.2. The SMILES string of the molecule is CCOC(=O)NC1CCCN(C(=O)CCc2ccc(F)c(F)c2)C1. The maximum Gasteiger partial charge on any atom is 0.407 e. The molecular weight excluding hydrogens is 318 g/mol. The van der Waals surface area contributed by atoms with Crippen molar-refractivity contribution in [3.8, 4) is 0 Å². The van der Waals surface area contributed by atoms with Crippen LogP contribution in [-0.4, -0.2) is 42.6 Å². The summed E-state index contributed by atoms with van der Waals surface area (Å²) in [5.41, 5.74) is 0.584. The number of nitrogens with zero attached hydrogens (tertiary/aromatic N) is 1. The minimum atomic E-state index is -0.906. The van der Waals surface area contributed by atoms with Crippen LogP contribution in [0.5, 0.6) is 0 Å². The minimum Gasteiger partial charge on any atom is -0.450 e. The van der Waals surface area contributed by atoms with Crippen LogP contribution in [0.15, 0.2) is 18.2 Å². The first-order chi connectivity index (χ1) is 11.5. The molecule has 1 heterocycles. The van der Waals surface area contributed by atoms with Crippen molar-refractivity contribution < 1.29 is 23.1 Å². The Morgan fingerprint density at radius 3 is 2.83 bits per heavy atom. The molecule has 0 spiro atoms. The summed E-state index contributed by atoms with van der Waals surface area (Å²) >= 11 is 0. The molecule has 1 unspecified atom stereocenters. The average molecular weight is 340 g/mol. The number of benzene rings is 1. The Morgan fingerprint density at radius 2 is 2.12 bits per heavy atom. The summed E-state index contributed by atoms with van der Waals surface area (Å²) in [5.74, 6) is -1.86. The van der Waals surface area contributed by atoms with Gasteiger partial charge in [-0.2, -0.15) is 0 Å². The summed E-state index contributed by atoms with van der Waals surface area (Å²) in [6.07, 6.45) is 1.69. The number of halogens is 2. The van der Waals surface area contributed by atoms with Crippen LogP contribution in [0.25, 0.3) is 0 Å². The van der Waals surface area contributed by atoms with E-state index < -0.39 is 17.7 Å². The van der Waals surface area contributed by atoms with Crippen molar-refractivity contribution in [3.63, 3.8) is 0 Å². The zero-order valence-corrected chi connectivity index (χ0v) is 13.7. The lowest BCUT2D eigenvalue weighted by atomic mass is 10.0. The van der Waals surface area contributed by atoms with Crippen LogP contribution in [0.4, 0.5) is 13.6 Å². The predicted octanol–water partition coefficient (Wildman–Crippen LogP) is 2.63. The first-order valence-corrected chi connectivity index (χ1v) is 8.14. The van der Waals surface area contributed by atoms with Crippen LogP contribution in [0, 0.1) is 11.6 Å². The van der Waals surface area contributed by atoms with Gasteiger partial charge in [-0.1, -0.05) is 6.07 Å². The summed E-state index contributed by atoms with van der Waals surface area (Å²) in [7, 11) is 0. The van der Waals surface area contributed by atoms with Crippen molar-refractivity contribution in [2.45, 2.75) is 38.6 Å². The molecule has 5 nitrogen and oxygen atoms in total. The Balaban J connectivity index is 1.82. The molecule has 7 heteroatoms. The molecule has 1 aromatic rings. The van der Waals surface area contributed by atoms with Gasteiger partial charge in [0.25, 0.3) is 0 Å². The van der Waals surface area contributed by atoms with Crippen LogP contribution in [0.2, 0.25) is 0 Å². The number of hydrogen-bond donors (Lipinski definition) is 1. The van der Waals surface area contributed by atoms with Gasteiger partial charge in [0.05, 0.1) is 6.61 Å². The van der Waals surface area contributed by atoms with Gasteiger partial charge in [-0.25, -0.2) is 13.6 Å². The van der Waals surface area contributed by atoms with E-state index in [2.05, 4.69) is 5.32 Å². The number of amides is 2. The van der Waals surface area contributed by atoms with Crippen molar-refractivity contribution >= 4 is 12.0 Å². The third-order valence-electron chi connectivity index (χ3n) is 3.98. The molecule has 24 heavy (non-hydrogen) atoms. The molecule has 1 atom stereocenters. The number of rotatable bonds is 5. The lowest BCUT2D eigenvalue weighted by molar-refractivity contribution is -0.132. The molecule has 1 aliphatic heterocycles. The summed E-state index contributed by atoms with van der Waals surface area (Å²) in [6, 6.07) is 3.54. The fraction of sp³-hybridized carbons (Fsp3) is 0.529. The van der Waals surface area contributed by atoms with E-state index in [1.807, 2.05) is 0 Å². The van der Waals surface area contributed by atoms with Crippen LogP contribution < -0.4 is 5.32 Å². The fourth-order valence-corrected chi connectivity index (χ4v) is 2.77. The van der Waals surface area contributed by atoms with Gasteiger partial charge in [0, 0.05) is 25.6 Å². The van der Waals surface area contributed by atoms with E-state index in [1.54, 1.807) is 11.8 Å². The summed E-state index contributed by atoms with van der Waals surface area (Å²) in [6.45, 7) is 3.11. The quantitative estimate of drug-likeness (QED) is 0.896. The molecule has 0 aliphatic carbocycles. The number of nitrogens with one attached hydrogen (secondary N) is 1. The van der Waals surface area contributed by atoms with E-state index in [0.29, 0.717) is 31.7 Å². The Hall–Kier alpha value is -2.18. The Kier molecular flexibility index (Phi) is 6.52. The van der Waals surface area contributed by atoms with Crippen molar-refractivity contribution in [1.82, 2.24) is 10.2 Å². The molecule has 2 amide bonds. The Labute approximate surface area is 140 Å². The van der Waals surface area contributed by atoms with E-state index in [0.717, 1.165) is 25.0 Å². The number of likely N-dealkylation sites (tertiary alicyclic amines) is 1. The zero-order chi connectivity index (χ0) is 17.5. The minimum absolute atomic E-state index is 0.0601. The predicted molar refractivity (Wildman–Crippen MR) is 84.4 cm³/mol. The highest BCUT2D eigenvalue weighted by atomic mass is 19.2. The number of hydrogen-bond acceptors (Lipinski definition) is 3. The lowest BCUT2D eigenvalue weighted by Crippen LogP contribution is -2.49. The second-order valence-corrected chi connectivity index (χ2v) is 5.79. The number of aryl methyl sites for hydroxylation is 1. The van der Waals surface area contributed by atoms with E-state index in [1.165, 1.54) is 6.07 Å². The van der Waals surface area contributed by atoms with Crippen molar-refractivity contribution in [3.05, 3.63) is 35.4 Å². The summed E-state index contributed by atoms with van der Waals surface area (Å²) < 4.78 is 30.9. The molecule has 1 N–H and O–H groups in total. The van der Waals surface area contributed by atoms with E-state index >= 15 is 0 Å². The van der Waals surface area contributed by atoms with Gasteiger partial charge in [0.2, 0.25) is 5.91 Å². The molecule has 0 bridgehead atoms. The number of alkyl carbamates (subject to hydrolysis) is 1. The summed E-state index contributed by atoms with van der Waals surface area (Å²) in [5, 5.41) is 2.75. The number of piperidine rings is 1. The molecule has 1 fully saturated rings. The van der Waals surface area contributed by atoms with Crippen molar-refractivity contribution in [1.29, 1.82) is 0 Å². The molecule has 1 saturated heterocycles. The molecular formula is C17H22F2N2O3. The normalized spacial score (nSPS) is 17.5. The van der Waals surface area contributed by atoms with Gasteiger partial charge in [-0.15, -0.1) is 0 Å². The molecule has 0 radical (unpaired) electrons. The van der Waals surface area contributed by atoms with Crippen LogP contribution in [0.1, 0.15) is 31.7 Å². The molecule has 0 aromatic heterocycles. The van der Waals surface area contributed by atoms with Gasteiger partial charge >= 0.3 is 6.09 Å². The average Bonchev–Trinajstić information content (AvgIpc) is 2.56. The monoisotopic (exact) mass is 340 g/mol. The molecule has 2 rings (SSSR count). The maximum atomic E-state index is 13.2. The Bertz CT molecular complexity index is 595. The van der Waals surface area contributed by atoms with Crippen LogP contribution >= 0.6 is 0 Å². The molecule has 0 saturated carbocycles. The van der Waals surface area contributed by atoms with Gasteiger partial charge in [-0.05, 0) is 43.9 Å². The molecule has 132 valence electrons. The highest BCUT2D eigenvalue weighted by Crippen LogP contribution is 2.14. The third-order valence-corrected chi connectivity index (χ3v) is 3.98. The van der Waals surface area contributed by atoms with Crippen molar-refractivity contribution in [2.24, 2.45) is 0 Å². The number of carbonyl (C=O) groups is 2. The molecule has 1 aromatic carbocycles. The second kappa shape index (κ2) is 8.61. The van der Waals surface area contributed by atoms with E-state index in [4.69, 9.17) is 4.74 Å². The third kappa shape index (κ3) is 5.18. The first-order valence-electron chi connectivity index (χ1n) is 8.14. The van der Waals surface area contributed by atoms with Crippen LogP contribution in [-0.2, 0) is 16.0 Å². The first kappa shape index (κ1) is 18.2. The lowest BCUT2D eigenvalue weighted by Gasteiger charge is -2.33. The van der Waals surface area contributed by atoms with Gasteiger partial charge < -0.3 is 15.0 Å². The smallest absolute Gasteiger partial charge is 0.407 e. The van der Waals surface area contributed by atoms with Gasteiger partial charge in [-0.3, -0.25) is 4.79 Å². The van der Waals surface area contributed by atoms with Crippen molar-refractivity contribution in [2.75, 3.05) is 19.7 Å². The molecule has 1 aliphatic rings. The van der Waals surface area contributed by atoms with Crippen LogP contribution in [0.3, 0.4) is 0 Å². The Morgan fingerprint density at radius 1 is 1.33 bits per heavy atom. The summed E-state index contributed by atoms with van der Waals surface area (Å²) in [4.78, 5) is 25.4. The van der Waals surface area contributed by atoms with Gasteiger partial charge in [0.15, 0.2) is 11.6 Å². The van der Waals surface area contributed by atoms with Gasteiger partial charge in [0.1, 0.15) is 0 Å². The fourth-order valence-electron chi connectivity index (χ4n) is 2.77. The van der Waals surface area contributed by atoms with E-state index in [-0.39, 0.29) is 18.4 Å². The topological polar surface area (TPSA) is 58.6 Å². The highest BCUT2D eigenvalue weighted by molar-refractivity contribution is 5.76. The number of carbonyl (C=O) groups excluding carboxylic acids is 2. The zero-order valence-electron chi connectivity index (χ0n) is 13.7. The largest absolute Gasteiger partial charge is 0.450 e. The van der Waals surface area contributed by atoms with E-state index in [9.17, 15) is 18.4 Å².